The van der Waals surface area contributed by atoms with Gasteiger partial charge in [0.1, 0.15) is 24.9 Å². The Labute approximate surface area is 161 Å². The molecule has 0 unspecified atom stereocenters. The SMILES string of the molecule is N#Cc1ccccc1S(=O)(=O)NCC(=O)OCc1cc(-c2ccccc2)on1. The molecule has 0 bridgehead atoms. The molecule has 0 aliphatic carbocycles. The number of nitrogens with one attached hydrogen (secondary N) is 1. The molecule has 28 heavy (non-hydrogen) atoms. The minimum atomic E-state index is -4.02. The molecule has 8 nitrogen and oxygen atoms in total. The van der Waals surface area contributed by atoms with E-state index in [1.165, 1.54) is 18.2 Å². The van der Waals surface area contributed by atoms with E-state index in [0.717, 1.165) is 5.56 Å². The van der Waals surface area contributed by atoms with Crippen LogP contribution in [0.5, 0.6) is 0 Å². The van der Waals surface area contributed by atoms with E-state index in [4.69, 9.17) is 14.5 Å². The molecule has 0 amide bonds. The van der Waals surface area contributed by atoms with Crippen LogP contribution in [0.4, 0.5) is 0 Å². The van der Waals surface area contributed by atoms with Gasteiger partial charge in [-0.2, -0.15) is 9.98 Å². The first-order chi connectivity index (χ1) is 13.5. The predicted octanol–water partition coefficient (Wildman–Crippen LogP) is 2.23. The number of rotatable bonds is 7. The predicted molar refractivity (Wildman–Crippen MR) is 98.1 cm³/mol. The smallest absolute Gasteiger partial charge is 0.321 e. The lowest BCUT2D eigenvalue weighted by Crippen LogP contribution is -2.31. The second-order valence-electron chi connectivity index (χ2n) is 5.64. The van der Waals surface area contributed by atoms with Gasteiger partial charge in [-0.05, 0) is 12.1 Å². The van der Waals surface area contributed by atoms with E-state index >= 15 is 0 Å². The molecular formula is C19H15N3O5S. The maximum Gasteiger partial charge on any atom is 0.321 e. The van der Waals surface area contributed by atoms with E-state index in [1.807, 2.05) is 30.3 Å². The number of aromatic nitrogens is 1. The average molecular weight is 397 g/mol. The van der Waals surface area contributed by atoms with Crippen molar-refractivity contribution in [3.63, 3.8) is 0 Å². The van der Waals surface area contributed by atoms with Crippen LogP contribution < -0.4 is 4.72 Å². The van der Waals surface area contributed by atoms with Crippen molar-refractivity contribution in [3.8, 4) is 17.4 Å². The summed E-state index contributed by atoms with van der Waals surface area (Å²) < 4.78 is 36.8. The highest BCUT2D eigenvalue weighted by atomic mass is 32.2. The Kier molecular flexibility index (Phi) is 5.84. The lowest BCUT2D eigenvalue weighted by molar-refractivity contribution is -0.143. The summed E-state index contributed by atoms with van der Waals surface area (Å²) in [5, 5.41) is 12.8. The van der Waals surface area contributed by atoms with Gasteiger partial charge in [0.05, 0.1) is 10.5 Å². The first kappa shape index (κ1) is 19.3. The molecule has 142 valence electrons. The van der Waals surface area contributed by atoms with E-state index in [1.54, 1.807) is 18.2 Å². The molecule has 0 aliphatic heterocycles. The van der Waals surface area contributed by atoms with Gasteiger partial charge in [-0.25, -0.2) is 8.42 Å². The van der Waals surface area contributed by atoms with Crippen LogP contribution in [0.2, 0.25) is 0 Å². The molecule has 0 saturated carbocycles. The Morgan fingerprint density at radius 2 is 1.86 bits per heavy atom. The van der Waals surface area contributed by atoms with Crippen molar-refractivity contribution in [2.45, 2.75) is 11.5 Å². The van der Waals surface area contributed by atoms with E-state index in [0.29, 0.717) is 11.5 Å². The van der Waals surface area contributed by atoms with Gasteiger partial charge in [0.25, 0.3) is 0 Å². The molecule has 0 saturated heterocycles. The van der Waals surface area contributed by atoms with Gasteiger partial charge in [-0.15, -0.1) is 0 Å². The average Bonchev–Trinajstić information content (AvgIpc) is 3.20. The highest BCUT2D eigenvalue weighted by Gasteiger charge is 2.19. The molecular weight excluding hydrogens is 382 g/mol. The van der Waals surface area contributed by atoms with Crippen LogP contribution >= 0.6 is 0 Å². The third kappa shape index (κ3) is 4.62. The van der Waals surface area contributed by atoms with Crippen molar-refractivity contribution >= 4 is 16.0 Å². The molecule has 3 aromatic rings. The van der Waals surface area contributed by atoms with Gasteiger partial charge in [0, 0.05) is 11.6 Å². The summed E-state index contributed by atoms with van der Waals surface area (Å²) in [6, 6.07) is 18.4. The zero-order valence-corrected chi connectivity index (χ0v) is 15.3. The Hall–Kier alpha value is -3.48. The third-order valence-electron chi connectivity index (χ3n) is 3.70. The van der Waals surface area contributed by atoms with Crippen molar-refractivity contribution in [1.82, 2.24) is 9.88 Å². The molecule has 9 heteroatoms. The minimum Gasteiger partial charge on any atom is -0.458 e. The molecule has 0 fully saturated rings. The molecule has 3 rings (SSSR count). The first-order valence-corrected chi connectivity index (χ1v) is 9.63. The van der Waals surface area contributed by atoms with Crippen molar-refractivity contribution in [2.75, 3.05) is 6.54 Å². The Morgan fingerprint density at radius 3 is 2.61 bits per heavy atom. The van der Waals surface area contributed by atoms with E-state index in [2.05, 4.69) is 9.88 Å². The molecule has 0 aliphatic rings. The fraction of sp³-hybridized carbons (Fsp3) is 0.105. The zero-order valence-electron chi connectivity index (χ0n) is 14.5. The summed E-state index contributed by atoms with van der Waals surface area (Å²) in [4.78, 5) is 11.7. The number of hydrogen-bond acceptors (Lipinski definition) is 7. The molecule has 1 aromatic heterocycles. The highest BCUT2D eigenvalue weighted by molar-refractivity contribution is 7.89. The van der Waals surface area contributed by atoms with Gasteiger partial charge in [-0.1, -0.05) is 47.6 Å². The summed E-state index contributed by atoms with van der Waals surface area (Å²) in [6.45, 7) is -0.739. The van der Waals surface area contributed by atoms with Crippen molar-refractivity contribution in [1.29, 1.82) is 5.26 Å². The topological polar surface area (TPSA) is 122 Å². The number of nitrogens with zero attached hydrogens (tertiary/aromatic N) is 2. The third-order valence-corrected chi connectivity index (χ3v) is 5.16. The van der Waals surface area contributed by atoms with Crippen LogP contribution in [0, 0.1) is 11.3 Å². The quantitative estimate of drug-likeness (QED) is 0.607. The number of hydrogen-bond donors (Lipinski definition) is 1. The Bertz CT molecular complexity index is 1120. The standard InChI is InChI=1S/C19H15N3O5S/c20-11-15-8-4-5-9-18(15)28(24,25)21-12-19(23)26-13-16-10-17(27-22-16)14-6-2-1-3-7-14/h1-10,21H,12-13H2. The molecule has 1 heterocycles. The first-order valence-electron chi connectivity index (χ1n) is 8.15. The fourth-order valence-corrected chi connectivity index (χ4v) is 3.47. The van der Waals surface area contributed by atoms with Gasteiger partial charge < -0.3 is 9.26 Å². The number of nitriles is 1. The van der Waals surface area contributed by atoms with Gasteiger partial charge in [0.2, 0.25) is 10.0 Å². The van der Waals surface area contributed by atoms with Gasteiger partial charge >= 0.3 is 5.97 Å². The molecule has 1 N–H and O–H groups in total. The monoisotopic (exact) mass is 397 g/mol. The van der Waals surface area contributed by atoms with Crippen molar-refractivity contribution < 1.29 is 22.5 Å². The molecule has 0 spiro atoms. The zero-order chi connectivity index (χ0) is 20.0. The van der Waals surface area contributed by atoms with Gasteiger partial charge in [-0.3, -0.25) is 4.79 Å². The van der Waals surface area contributed by atoms with Crippen LogP contribution in [0.15, 0.2) is 70.1 Å². The summed E-state index contributed by atoms with van der Waals surface area (Å²) >= 11 is 0. The minimum absolute atomic E-state index is 0.0144. The number of esters is 1. The molecule has 0 radical (unpaired) electrons. The van der Waals surface area contributed by atoms with E-state index in [-0.39, 0.29) is 17.1 Å². The number of carbonyl (C=O) groups excluding carboxylic acids is 1. The lowest BCUT2D eigenvalue weighted by Gasteiger charge is -2.07. The van der Waals surface area contributed by atoms with Crippen LogP contribution in [-0.2, 0) is 26.2 Å². The van der Waals surface area contributed by atoms with Crippen molar-refractivity contribution in [3.05, 3.63) is 71.9 Å². The van der Waals surface area contributed by atoms with Gasteiger partial charge in [0.15, 0.2) is 5.76 Å². The molecule has 2 aromatic carbocycles. The number of carbonyl (C=O) groups is 1. The van der Waals surface area contributed by atoms with Crippen LogP contribution in [0.1, 0.15) is 11.3 Å². The normalized spacial score (nSPS) is 11.0. The maximum absolute atomic E-state index is 12.3. The second-order valence-corrected chi connectivity index (χ2v) is 7.38. The number of benzene rings is 2. The van der Waals surface area contributed by atoms with Crippen LogP contribution in [0.25, 0.3) is 11.3 Å². The summed E-state index contributed by atoms with van der Waals surface area (Å²) in [5.74, 6) is -0.261. The number of sulfonamides is 1. The fourth-order valence-electron chi connectivity index (χ4n) is 2.35. The van der Waals surface area contributed by atoms with Crippen LogP contribution in [-0.4, -0.2) is 26.1 Å². The second kappa shape index (κ2) is 8.47. The Morgan fingerprint density at radius 1 is 1.14 bits per heavy atom. The lowest BCUT2D eigenvalue weighted by atomic mass is 10.2. The molecule has 0 atom stereocenters. The summed E-state index contributed by atoms with van der Waals surface area (Å²) in [5.41, 5.74) is 1.21. The Balaban J connectivity index is 1.55. The van der Waals surface area contributed by atoms with E-state index < -0.39 is 22.5 Å². The van der Waals surface area contributed by atoms with E-state index in [9.17, 15) is 13.2 Å². The number of ether oxygens (including phenoxy) is 1. The highest BCUT2D eigenvalue weighted by Crippen LogP contribution is 2.20. The van der Waals surface area contributed by atoms with Crippen molar-refractivity contribution in [2.24, 2.45) is 0 Å². The van der Waals surface area contributed by atoms with Crippen LogP contribution in [0.3, 0.4) is 0 Å². The maximum atomic E-state index is 12.3. The largest absolute Gasteiger partial charge is 0.458 e. The summed E-state index contributed by atoms with van der Waals surface area (Å²) in [6.07, 6.45) is 0. The summed E-state index contributed by atoms with van der Waals surface area (Å²) in [7, 11) is -4.02.